The third kappa shape index (κ3) is 3.86. The summed E-state index contributed by atoms with van der Waals surface area (Å²) in [5.41, 5.74) is 2.98. The first-order chi connectivity index (χ1) is 13.5. The molecule has 0 aliphatic carbocycles. The molecule has 0 aliphatic rings. The molecule has 0 unspecified atom stereocenters. The highest BCUT2D eigenvalue weighted by molar-refractivity contribution is 6.08. The molecule has 0 bridgehead atoms. The monoisotopic (exact) mass is 375 g/mol. The smallest absolute Gasteiger partial charge is 0.263 e. The standard InChI is InChI=1S/C24H25NO3/c1-24(2,17-11-7-5-8-12-17)18-15-20(27-3)22(21(16-18)28-4)23(26)25-19-13-9-6-10-14-19/h5-16H,1-4H3,(H,25,26). The van der Waals surface area contributed by atoms with E-state index in [1.165, 1.54) is 5.56 Å². The van der Waals surface area contributed by atoms with E-state index < -0.39 is 0 Å². The van der Waals surface area contributed by atoms with E-state index in [1.54, 1.807) is 14.2 Å². The van der Waals surface area contributed by atoms with Crippen LogP contribution >= 0.6 is 0 Å². The van der Waals surface area contributed by atoms with Gasteiger partial charge in [-0.25, -0.2) is 0 Å². The van der Waals surface area contributed by atoms with Gasteiger partial charge in [0.15, 0.2) is 0 Å². The van der Waals surface area contributed by atoms with Crippen LogP contribution in [0.5, 0.6) is 11.5 Å². The third-order valence-electron chi connectivity index (χ3n) is 4.98. The van der Waals surface area contributed by atoms with Gasteiger partial charge in [0.25, 0.3) is 5.91 Å². The zero-order chi connectivity index (χ0) is 20.1. The van der Waals surface area contributed by atoms with Crippen LogP contribution in [0.15, 0.2) is 72.8 Å². The van der Waals surface area contributed by atoms with Crippen LogP contribution in [0.3, 0.4) is 0 Å². The lowest BCUT2D eigenvalue weighted by Crippen LogP contribution is -2.21. The fourth-order valence-corrected chi connectivity index (χ4v) is 3.23. The summed E-state index contributed by atoms with van der Waals surface area (Å²) in [6, 6.07) is 23.4. The summed E-state index contributed by atoms with van der Waals surface area (Å²) in [7, 11) is 3.13. The zero-order valence-corrected chi connectivity index (χ0v) is 16.7. The van der Waals surface area contributed by atoms with Gasteiger partial charge in [-0.2, -0.15) is 0 Å². The first-order valence-electron chi connectivity index (χ1n) is 9.15. The van der Waals surface area contributed by atoms with Crippen molar-refractivity contribution in [3.8, 4) is 11.5 Å². The number of hydrogen-bond acceptors (Lipinski definition) is 3. The second kappa shape index (κ2) is 8.17. The Bertz CT molecular complexity index is 925. The summed E-state index contributed by atoms with van der Waals surface area (Å²) in [6.07, 6.45) is 0. The van der Waals surface area contributed by atoms with Crippen molar-refractivity contribution < 1.29 is 14.3 Å². The molecule has 4 heteroatoms. The van der Waals surface area contributed by atoms with Crippen molar-refractivity contribution in [3.63, 3.8) is 0 Å². The zero-order valence-electron chi connectivity index (χ0n) is 16.7. The Morgan fingerprint density at radius 1 is 0.786 bits per heavy atom. The maximum Gasteiger partial charge on any atom is 0.263 e. The fraction of sp³-hybridized carbons (Fsp3) is 0.208. The van der Waals surface area contributed by atoms with Crippen molar-refractivity contribution >= 4 is 11.6 Å². The van der Waals surface area contributed by atoms with Crippen LogP contribution in [0.4, 0.5) is 5.69 Å². The van der Waals surface area contributed by atoms with E-state index >= 15 is 0 Å². The minimum absolute atomic E-state index is 0.274. The number of carbonyl (C=O) groups is 1. The molecule has 144 valence electrons. The number of methoxy groups -OCH3 is 2. The van der Waals surface area contributed by atoms with Gasteiger partial charge in [0.1, 0.15) is 17.1 Å². The SMILES string of the molecule is COc1cc(C(C)(C)c2ccccc2)cc(OC)c1C(=O)Nc1ccccc1. The summed E-state index contributed by atoms with van der Waals surface area (Å²) in [5, 5.41) is 2.90. The van der Waals surface area contributed by atoms with Gasteiger partial charge in [-0.1, -0.05) is 62.4 Å². The first-order valence-corrected chi connectivity index (χ1v) is 9.15. The maximum atomic E-state index is 12.9. The Morgan fingerprint density at radius 2 is 1.29 bits per heavy atom. The molecule has 1 amide bonds. The summed E-state index contributed by atoms with van der Waals surface area (Å²) >= 11 is 0. The molecule has 1 N–H and O–H groups in total. The van der Waals surface area contributed by atoms with Gasteiger partial charge < -0.3 is 14.8 Å². The molecule has 28 heavy (non-hydrogen) atoms. The lowest BCUT2D eigenvalue weighted by Gasteiger charge is -2.28. The second-order valence-corrected chi connectivity index (χ2v) is 7.07. The predicted octanol–water partition coefficient (Wildman–Crippen LogP) is 5.28. The van der Waals surface area contributed by atoms with Crippen LogP contribution in [-0.2, 0) is 5.41 Å². The number of para-hydroxylation sites is 1. The maximum absolute atomic E-state index is 12.9. The van der Waals surface area contributed by atoms with Crippen LogP contribution < -0.4 is 14.8 Å². The molecule has 0 atom stereocenters. The molecule has 3 rings (SSSR count). The van der Waals surface area contributed by atoms with E-state index in [4.69, 9.17) is 9.47 Å². The lowest BCUT2D eigenvalue weighted by molar-refractivity contribution is 0.102. The van der Waals surface area contributed by atoms with Crippen LogP contribution in [-0.4, -0.2) is 20.1 Å². The highest BCUT2D eigenvalue weighted by atomic mass is 16.5. The second-order valence-electron chi connectivity index (χ2n) is 7.07. The van der Waals surface area contributed by atoms with Gasteiger partial charge in [-0.05, 0) is 35.4 Å². The van der Waals surface area contributed by atoms with Crippen LogP contribution in [0.1, 0.15) is 35.3 Å². The van der Waals surface area contributed by atoms with Gasteiger partial charge in [-0.15, -0.1) is 0 Å². The Hall–Kier alpha value is -3.27. The van der Waals surface area contributed by atoms with Crippen molar-refractivity contribution in [1.82, 2.24) is 0 Å². The molecule has 3 aromatic rings. The molecule has 0 saturated carbocycles. The minimum atomic E-state index is -0.281. The molecule has 0 aromatic heterocycles. The van der Waals surface area contributed by atoms with Crippen LogP contribution in [0.2, 0.25) is 0 Å². The number of nitrogens with one attached hydrogen (secondary N) is 1. The molecular formula is C24H25NO3. The highest BCUT2D eigenvalue weighted by Gasteiger charge is 2.28. The van der Waals surface area contributed by atoms with Gasteiger partial charge in [0.05, 0.1) is 14.2 Å². The Morgan fingerprint density at radius 3 is 1.79 bits per heavy atom. The average Bonchev–Trinajstić information content (AvgIpc) is 2.73. The number of ether oxygens (including phenoxy) is 2. The quantitative estimate of drug-likeness (QED) is 0.637. The number of rotatable bonds is 6. The summed E-state index contributed by atoms with van der Waals surface area (Å²) in [5.74, 6) is 0.683. The summed E-state index contributed by atoms with van der Waals surface area (Å²) in [4.78, 5) is 12.9. The molecule has 0 fully saturated rings. The summed E-state index contributed by atoms with van der Waals surface area (Å²) < 4.78 is 11.2. The van der Waals surface area contributed by atoms with E-state index in [0.717, 1.165) is 5.56 Å². The molecule has 0 aliphatic heterocycles. The minimum Gasteiger partial charge on any atom is -0.496 e. The van der Waals surface area contributed by atoms with Crippen LogP contribution in [0, 0.1) is 0 Å². The highest BCUT2D eigenvalue weighted by Crippen LogP contribution is 2.39. The predicted molar refractivity (Wildman–Crippen MR) is 113 cm³/mol. The number of benzene rings is 3. The molecule has 4 nitrogen and oxygen atoms in total. The largest absolute Gasteiger partial charge is 0.496 e. The van der Waals surface area contributed by atoms with E-state index in [0.29, 0.717) is 22.7 Å². The van der Waals surface area contributed by atoms with Gasteiger partial charge in [-0.3, -0.25) is 4.79 Å². The van der Waals surface area contributed by atoms with E-state index in [1.807, 2.05) is 60.7 Å². The third-order valence-corrected chi connectivity index (χ3v) is 4.98. The number of amides is 1. The van der Waals surface area contributed by atoms with Crippen molar-refractivity contribution in [2.45, 2.75) is 19.3 Å². The molecule has 0 saturated heterocycles. The molecular weight excluding hydrogens is 350 g/mol. The first kappa shape index (κ1) is 19.5. The number of carbonyl (C=O) groups excluding carboxylic acids is 1. The normalized spacial score (nSPS) is 11.0. The van der Waals surface area contributed by atoms with E-state index in [-0.39, 0.29) is 11.3 Å². The number of anilines is 1. The van der Waals surface area contributed by atoms with Gasteiger partial charge >= 0.3 is 0 Å². The molecule has 3 aromatic carbocycles. The molecule has 0 heterocycles. The fourth-order valence-electron chi connectivity index (χ4n) is 3.23. The molecule has 0 spiro atoms. The van der Waals surface area contributed by atoms with Crippen molar-refractivity contribution in [2.24, 2.45) is 0 Å². The van der Waals surface area contributed by atoms with Crippen LogP contribution in [0.25, 0.3) is 0 Å². The Kier molecular flexibility index (Phi) is 5.69. The van der Waals surface area contributed by atoms with Crippen molar-refractivity contribution in [2.75, 3.05) is 19.5 Å². The van der Waals surface area contributed by atoms with Gasteiger partial charge in [0.2, 0.25) is 0 Å². The van der Waals surface area contributed by atoms with Crippen molar-refractivity contribution in [3.05, 3.63) is 89.5 Å². The van der Waals surface area contributed by atoms with E-state index in [2.05, 4.69) is 31.3 Å². The average molecular weight is 375 g/mol. The molecule has 0 radical (unpaired) electrons. The lowest BCUT2D eigenvalue weighted by atomic mass is 9.77. The van der Waals surface area contributed by atoms with Gasteiger partial charge in [0, 0.05) is 11.1 Å². The Labute approximate surface area is 166 Å². The number of hydrogen-bond donors (Lipinski definition) is 1. The topological polar surface area (TPSA) is 47.6 Å². The van der Waals surface area contributed by atoms with E-state index in [9.17, 15) is 4.79 Å². The summed E-state index contributed by atoms with van der Waals surface area (Å²) in [6.45, 7) is 4.28. The van der Waals surface area contributed by atoms with Crippen molar-refractivity contribution in [1.29, 1.82) is 0 Å². The Balaban J connectivity index is 2.04.